The molecule has 5 N–H and O–H groups in total. The number of carbonyl (C=O) groups is 2. The second-order valence-corrected chi connectivity index (χ2v) is 8.23. The predicted octanol–water partition coefficient (Wildman–Crippen LogP) is 3.21. The van der Waals surface area contributed by atoms with Crippen molar-refractivity contribution in [2.75, 3.05) is 10.6 Å². The molecular weight excluding hydrogens is 533 g/mol. The van der Waals surface area contributed by atoms with Crippen LogP contribution in [0.3, 0.4) is 0 Å². The molecule has 0 spiro atoms. The Kier molecular flexibility index (Phi) is 8.13. The number of fused-ring (bicyclic) bond motifs is 1. The van der Waals surface area contributed by atoms with Crippen LogP contribution in [0.2, 0.25) is 0 Å². The van der Waals surface area contributed by atoms with Gasteiger partial charge in [0.15, 0.2) is 5.69 Å². The smallest absolute Gasteiger partial charge is 0.475 e. The number of nitrogens with zero attached hydrogens (tertiary/aromatic N) is 5. The molecule has 3 aromatic heterocycles. The topological polar surface area (TPSA) is 152 Å². The zero-order valence-electron chi connectivity index (χ0n) is 19.4. The number of carboxylic acid groups (broad SMARTS) is 1. The van der Waals surface area contributed by atoms with E-state index in [0.29, 0.717) is 18.4 Å². The van der Waals surface area contributed by atoms with Crippen LogP contribution in [0.4, 0.5) is 42.4 Å². The normalized spacial score (nSPS) is 19.1. The number of hydrogen-bond donors (Lipinski definition) is 4. The minimum Gasteiger partial charge on any atom is -0.475 e. The monoisotopic (exact) mass is 554 g/mol. The van der Waals surface area contributed by atoms with Gasteiger partial charge in [0.05, 0.1) is 29.5 Å². The number of carbonyl (C=O) groups excluding carboxylic acids is 1. The van der Waals surface area contributed by atoms with Gasteiger partial charge >= 0.3 is 12.1 Å². The Balaban J connectivity index is 0.000000505. The van der Waals surface area contributed by atoms with Gasteiger partial charge in [-0.2, -0.15) is 18.3 Å². The fraction of sp³-hybridized carbons (Fsp3) is 0.450. The molecule has 0 unspecified atom stereocenters. The van der Waals surface area contributed by atoms with Gasteiger partial charge in [-0.25, -0.2) is 31.9 Å². The van der Waals surface area contributed by atoms with Gasteiger partial charge in [-0.15, -0.1) is 5.10 Å². The van der Waals surface area contributed by atoms with Crippen LogP contribution in [-0.2, 0) is 11.8 Å². The van der Waals surface area contributed by atoms with Gasteiger partial charge in [-0.05, 0) is 25.0 Å². The van der Waals surface area contributed by atoms with Crippen molar-refractivity contribution in [3.8, 4) is 0 Å². The van der Waals surface area contributed by atoms with Gasteiger partial charge in [0, 0.05) is 19.7 Å². The quantitative estimate of drug-likeness (QED) is 0.351. The Bertz CT molecular complexity index is 1310. The minimum atomic E-state index is -5.08. The summed E-state index contributed by atoms with van der Waals surface area (Å²) in [5.41, 5.74) is 5.51. The maximum absolute atomic E-state index is 13.9. The van der Waals surface area contributed by atoms with Gasteiger partial charge in [0.25, 0.3) is 18.3 Å². The standard InChI is InChI=1S/C18H20F4N8O.C2HF3O2/c1-29-8-11(13(27-29)15(19)20)25-16(31)12-5-4-9-7-24-17(28-30(9)12)26-10-3-2-6-18(21,22)14(10)23;3-2(4,5)1(6)7/h4-5,7-8,10,14-15H,2-3,6,23H2,1H3,(H,25,31)(H,26,28);(H,6,7)/t10-,14-;/m1./s1. The third-order valence-corrected chi connectivity index (χ3v) is 5.45. The van der Waals surface area contributed by atoms with Crippen LogP contribution >= 0.6 is 0 Å². The summed E-state index contributed by atoms with van der Waals surface area (Å²) in [5, 5.41) is 20.2. The first-order chi connectivity index (χ1) is 17.6. The molecule has 2 atom stereocenters. The van der Waals surface area contributed by atoms with Gasteiger partial charge in [0.2, 0.25) is 5.95 Å². The van der Waals surface area contributed by atoms with Crippen molar-refractivity contribution in [3.63, 3.8) is 0 Å². The summed E-state index contributed by atoms with van der Waals surface area (Å²) in [6.07, 6.45) is -4.82. The highest BCUT2D eigenvalue weighted by Crippen LogP contribution is 2.33. The van der Waals surface area contributed by atoms with Crippen LogP contribution in [0, 0.1) is 0 Å². The molecule has 0 saturated heterocycles. The van der Waals surface area contributed by atoms with Gasteiger partial charge in [-0.3, -0.25) is 9.48 Å². The van der Waals surface area contributed by atoms with Crippen molar-refractivity contribution in [2.45, 2.75) is 49.9 Å². The number of alkyl halides is 7. The van der Waals surface area contributed by atoms with Crippen LogP contribution in [-0.4, -0.2) is 65.5 Å². The molecular formula is C20H21F7N8O3. The minimum absolute atomic E-state index is 0.0190. The molecule has 11 nitrogen and oxygen atoms in total. The number of halogens is 7. The number of nitrogens with two attached hydrogens (primary N) is 1. The van der Waals surface area contributed by atoms with Gasteiger partial charge in [0.1, 0.15) is 5.69 Å². The number of hydrogen-bond acceptors (Lipinski definition) is 7. The zero-order valence-corrected chi connectivity index (χ0v) is 19.4. The molecule has 0 radical (unpaired) electrons. The summed E-state index contributed by atoms with van der Waals surface area (Å²) in [4.78, 5) is 25.7. The third kappa shape index (κ3) is 6.48. The maximum Gasteiger partial charge on any atom is 0.490 e. The fourth-order valence-corrected chi connectivity index (χ4v) is 3.62. The summed E-state index contributed by atoms with van der Waals surface area (Å²) in [6.45, 7) is 0. The summed E-state index contributed by atoms with van der Waals surface area (Å²) >= 11 is 0. The first kappa shape index (κ1) is 28.6. The number of aryl methyl sites for hydroxylation is 1. The van der Waals surface area contributed by atoms with Crippen LogP contribution in [0.15, 0.2) is 24.5 Å². The second kappa shape index (κ2) is 10.8. The maximum atomic E-state index is 13.9. The lowest BCUT2D eigenvalue weighted by molar-refractivity contribution is -0.192. The van der Waals surface area contributed by atoms with E-state index in [9.17, 15) is 35.5 Å². The van der Waals surface area contributed by atoms with E-state index in [1.165, 1.54) is 34.7 Å². The van der Waals surface area contributed by atoms with Crippen molar-refractivity contribution in [2.24, 2.45) is 12.8 Å². The molecule has 18 heteroatoms. The number of amides is 1. The highest BCUT2D eigenvalue weighted by atomic mass is 19.4. The lowest BCUT2D eigenvalue weighted by atomic mass is 9.87. The highest BCUT2D eigenvalue weighted by molar-refractivity contribution is 6.04. The lowest BCUT2D eigenvalue weighted by Crippen LogP contribution is -2.55. The SMILES string of the molecule is Cn1cc(NC(=O)c2ccc3cnc(N[C@@H]4CCCC(F)(F)[C@@H]4N)nn23)c(C(F)F)n1.O=C(O)C(F)(F)F. The third-order valence-electron chi connectivity index (χ3n) is 5.45. The van der Waals surface area contributed by atoms with E-state index in [2.05, 4.69) is 25.8 Å². The Morgan fingerprint density at radius 3 is 2.50 bits per heavy atom. The van der Waals surface area contributed by atoms with E-state index in [4.69, 9.17) is 15.6 Å². The predicted molar refractivity (Wildman–Crippen MR) is 117 cm³/mol. The molecule has 0 bridgehead atoms. The average molecular weight is 554 g/mol. The summed E-state index contributed by atoms with van der Waals surface area (Å²) in [5.74, 6) is -6.43. The fourth-order valence-electron chi connectivity index (χ4n) is 3.62. The largest absolute Gasteiger partial charge is 0.490 e. The van der Waals surface area contributed by atoms with Crippen molar-refractivity contribution < 1.29 is 45.4 Å². The van der Waals surface area contributed by atoms with Crippen LogP contribution in [0.25, 0.3) is 5.52 Å². The second-order valence-electron chi connectivity index (χ2n) is 8.23. The number of carboxylic acids is 1. The molecule has 3 heterocycles. The Hall–Kier alpha value is -3.96. The Labute approximate surface area is 208 Å². The Morgan fingerprint density at radius 2 is 1.89 bits per heavy atom. The number of anilines is 2. The molecule has 4 rings (SSSR count). The van der Waals surface area contributed by atoms with Crippen molar-refractivity contribution in [1.29, 1.82) is 0 Å². The highest BCUT2D eigenvalue weighted by Gasteiger charge is 2.45. The molecule has 0 aliphatic heterocycles. The molecule has 1 saturated carbocycles. The van der Waals surface area contributed by atoms with E-state index in [0.717, 1.165) is 0 Å². The van der Waals surface area contributed by atoms with Crippen molar-refractivity contribution >= 4 is 29.0 Å². The van der Waals surface area contributed by atoms with Crippen LogP contribution in [0.1, 0.15) is 41.9 Å². The van der Waals surface area contributed by atoms with E-state index in [-0.39, 0.29) is 23.8 Å². The molecule has 1 amide bonds. The van der Waals surface area contributed by atoms with Gasteiger partial charge < -0.3 is 21.5 Å². The number of nitrogens with one attached hydrogen (secondary N) is 2. The van der Waals surface area contributed by atoms with E-state index in [1.807, 2.05) is 0 Å². The van der Waals surface area contributed by atoms with Gasteiger partial charge in [-0.1, -0.05) is 0 Å². The first-order valence-corrected chi connectivity index (χ1v) is 10.8. The number of aromatic nitrogens is 5. The molecule has 1 aliphatic rings. The van der Waals surface area contributed by atoms with Crippen LogP contribution < -0.4 is 16.4 Å². The van der Waals surface area contributed by atoms with Crippen LogP contribution in [0.5, 0.6) is 0 Å². The summed E-state index contributed by atoms with van der Waals surface area (Å²) in [7, 11) is 1.46. The zero-order chi connectivity index (χ0) is 28.4. The summed E-state index contributed by atoms with van der Waals surface area (Å²) in [6, 6.07) is 0.878. The molecule has 3 aromatic rings. The number of rotatable bonds is 5. The molecule has 38 heavy (non-hydrogen) atoms. The summed E-state index contributed by atoms with van der Waals surface area (Å²) < 4.78 is 88.2. The molecule has 0 aromatic carbocycles. The molecule has 1 aliphatic carbocycles. The van der Waals surface area contributed by atoms with E-state index >= 15 is 0 Å². The van der Waals surface area contributed by atoms with E-state index < -0.39 is 48.2 Å². The lowest BCUT2D eigenvalue weighted by Gasteiger charge is -2.35. The first-order valence-electron chi connectivity index (χ1n) is 10.8. The van der Waals surface area contributed by atoms with Crippen molar-refractivity contribution in [3.05, 3.63) is 35.9 Å². The van der Waals surface area contributed by atoms with E-state index in [1.54, 1.807) is 6.07 Å². The molecule has 208 valence electrons. The molecule has 1 fully saturated rings. The van der Waals surface area contributed by atoms with Crippen molar-refractivity contribution in [1.82, 2.24) is 24.4 Å². The Morgan fingerprint density at radius 1 is 1.24 bits per heavy atom. The number of aliphatic carboxylic acids is 1. The average Bonchev–Trinajstić information content (AvgIpc) is 3.39.